The number of rotatable bonds is 1. The topological polar surface area (TPSA) is 79.5 Å². The van der Waals surface area contributed by atoms with Crippen LogP contribution in [0.5, 0.6) is 0 Å². The number of likely N-dealkylation sites (tertiary alicyclic amines) is 1. The van der Waals surface area contributed by atoms with Crippen molar-refractivity contribution in [1.82, 2.24) is 9.88 Å². The van der Waals surface area contributed by atoms with E-state index in [0.717, 1.165) is 12.8 Å². The summed E-state index contributed by atoms with van der Waals surface area (Å²) < 4.78 is 0. The van der Waals surface area contributed by atoms with Gasteiger partial charge in [0.15, 0.2) is 0 Å². The Kier molecular flexibility index (Phi) is 3.28. The molecule has 1 amide bonds. The summed E-state index contributed by atoms with van der Waals surface area (Å²) in [5, 5.41) is 9.57. The highest BCUT2D eigenvalue weighted by Crippen LogP contribution is 2.16. The number of pyridine rings is 1. The van der Waals surface area contributed by atoms with Crippen molar-refractivity contribution in [3.63, 3.8) is 0 Å². The molecular formula is C12H17N3O2. The lowest BCUT2D eigenvalue weighted by molar-refractivity contribution is 0.0473. The van der Waals surface area contributed by atoms with Gasteiger partial charge in [-0.25, -0.2) is 0 Å². The minimum absolute atomic E-state index is 0.0962. The molecule has 0 aromatic carbocycles. The lowest BCUT2D eigenvalue weighted by Gasteiger charge is -2.30. The number of hydrogen-bond donors (Lipinski definition) is 2. The normalized spacial score (nSPS) is 20.4. The SMILES string of the molecule is Cc1ncc(N)cc1C(=O)N1CCC[C@H](O)C1. The Labute approximate surface area is 100 Å². The quantitative estimate of drug-likeness (QED) is 0.745. The number of aliphatic hydroxyl groups excluding tert-OH is 1. The van der Waals surface area contributed by atoms with Gasteiger partial charge in [-0.05, 0) is 25.8 Å². The van der Waals surface area contributed by atoms with Crippen LogP contribution in [0.15, 0.2) is 12.3 Å². The highest BCUT2D eigenvalue weighted by atomic mass is 16.3. The summed E-state index contributed by atoms with van der Waals surface area (Å²) in [6, 6.07) is 1.64. The number of anilines is 1. The molecule has 1 atom stereocenters. The van der Waals surface area contributed by atoms with Crippen molar-refractivity contribution in [2.75, 3.05) is 18.8 Å². The molecule has 17 heavy (non-hydrogen) atoms. The van der Waals surface area contributed by atoms with Gasteiger partial charge in [0.05, 0.1) is 29.2 Å². The van der Waals surface area contributed by atoms with Crippen LogP contribution < -0.4 is 5.73 Å². The molecule has 1 aromatic rings. The predicted octanol–water partition coefficient (Wildman–Crippen LogP) is 0.569. The second kappa shape index (κ2) is 4.71. The number of carbonyl (C=O) groups is 1. The number of aliphatic hydroxyl groups is 1. The third kappa shape index (κ3) is 2.55. The molecule has 92 valence electrons. The Morgan fingerprint density at radius 3 is 3.12 bits per heavy atom. The number of aromatic nitrogens is 1. The first kappa shape index (κ1) is 11.9. The first-order chi connectivity index (χ1) is 8.08. The van der Waals surface area contributed by atoms with Gasteiger partial charge in [-0.1, -0.05) is 0 Å². The van der Waals surface area contributed by atoms with Crippen LogP contribution in [-0.2, 0) is 0 Å². The number of β-amino-alcohol motifs (C(OH)–C–C–N with tert-alkyl or cyclic N) is 1. The van der Waals surface area contributed by atoms with E-state index < -0.39 is 6.10 Å². The van der Waals surface area contributed by atoms with E-state index in [-0.39, 0.29) is 5.91 Å². The molecule has 1 aromatic heterocycles. The molecule has 0 unspecified atom stereocenters. The van der Waals surface area contributed by atoms with Crippen molar-refractivity contribution in [3.8, 4) is 0 Å². The van der Waals surface area contributed by atoms with Crippen LogP contribution in [-0.4, -0.2) is 40.1 Å². The summed E-state index contributed by atoms with van der Waals surface area (Å²) in [6.45, 7) is 2.87. The van der Waals surface area contributed by atoms with Crippen LogP contribution in [0.1, 0.15) is 28.9 Å². The van der Waals surface area contributed by atoms with Crippen LogP contribution >= 0.6 is 0 Å². The maximum Gasteiger partial charge on any atom is 0.255 e. The molecule has 5 nitrogen and oxygen atoms in total. The van der Waals surface area contributed by atoms with Gasteiger partial charge < -0.3 is 15.7 Å². The van der Waals surface area contributed by atoms with Crippen LogP contribution in [0.3, 0.4) is 0 Å². The molecule has 2 rings (SSSR count). The summed E-state index contributed by atoms with van der Waals surface area (Å²) in [4.78, 5) is 18.0. The fraction of sp³-hybridized carbons (Fsp3) is 0.500. The zero-order valence-corrected chi connectivity index (χ0v) is 9.89. The number of amides is 1. The van der Waals surface area contributed by atoms with Crippen molar-refractivity contribution in [3.05, 3.63) is 23.5 Å². The molecule has 0 radical (unpaired) electrons. The third-order valence-electron chi connectivity index (χ3n) is 3.02. The van der Waals surface area contributed by atoms with Crippen LogP contribution in [0.25, 0.3) is 0 Å². The Morgan fingerprint density at radius 1 is 1.65 bits per heavy atom. The van der Waals surface area contributed by atoms with Crippen molar-refractivity contribution in [2.24, 2.45) is 0 Å². The van der Waals surface area contributed by atoms with Gasteiger partial charge in [0.1, 0.15) is 0 Å². The van der Waals surface area contributed by atoms with Crippen molar-refractivity contribution < 1.29 is 9.90 Å². The number of carbonyl (C=O) groups excluding carboxylic acids is 1. The summed E-state index contributed by atoms with van der Waals surface area (Å²) in [5.74, 6) is -0.0962. The van der Waals surface area contributed by atoms with E-state index >= 15 is 0 Å². The fourth-order valence-corrected chi connectivity index (χ4v) is 2.08. The zero-order chi connectivity index (χ0) is 12.4. The Bertz CT molecular complexity index is 434. The highest BCUT2D eigenvalue weighted by molar-refractivity contribution is 5.96. The molecule has 2 heterocycles. The number of hydrogen-bond acceptors (Lipinski definition) is 4. The van der Waals surface area contributed by atoms with Crippen molar-refractivity contribution in [1.29, 1.82) is 0 Å². The predicted molar refractivity (Wildman–Crippen MR) is 64.5 cm³/mol. The van der Waals surface area contributed by atoms with Crippen LogP contribution in [0, 0.1) is 6.92 Å². The standard InChI is InChI=1S/C12H17N3O2/c1-8-11(5-9(13)6-14-8)12(17)15-4-2-3-10(16)7-15/h5-6,10,16H,2-4,7,13H2,1H3/t10-/m0/s1. The van der Waals surface area contributed by atoms with E-state index in [1.807, 2.05) is 0 Å². The molecule has 1 aliphatic heterocycles. The number of nitrogens with zero attached hydrogens (tertiary/aromatic N) is 2. The Hall–Kier alpha value is -1.62. The van der Waals surface area contributed by atoms with Crippen LogP contribution in [0.2, 0.25) is 0 Å². The highest BCUT2D eigenvalue weighted by Gasteiger charge is 2.24. The minimum Gasteiger partial charge on any atom is -0.397 e. The van der Waals surface area contributed by atoms with Gasteiger partial charge in [-0.2, -0.15) is 0 Å². The van der Waals surface area contributed by atoms with E-state index in [0.29, 0.717) is 30.0 Å². The summed E-state index contributed by atoms with van der Waals surface area (Å²) >= 11 is 0. The first-order valence-electron chi connectivity index (χ1n) is 5.77. The summed E-state index contributed by atoms with van der Waals surface area (Å²) in [5.41, 5.74) is 7.32. The third-order valence-corrected chi connectivity index (χ3v) is 3.02. The lowest BCUT2D eigenvalue weighted by atomic mass is 10.1. The van der Waals surface area contributed by atoms with E-state index in [4.69, 9.17) is 5.73 Å². The summed E-state index contributed by atoms with van der Waals surface area (Å²) in [6.07, 6.45) is 2.72. The lowest BCUT2D eigenvalue weighted by Crippen LogP contribution is -2.42. The monoisotopic (exact) mass is 235 g/mol. The maximum atomic E-state index is 12.2. The molecule has 1 saturated heterocycles. The zero-order valence-electron chi connectivity index (χ0n) is 9.89. The number of piperidine rings is 1. The van der Waals surface area contributed by atoms with Crippen molar-refractivity contribution >= 4 is 11.6 Å². The number of aryl methyl sites for hydroxylation is 1. The molecule has 1 fully saturated rings. The Morgan fingerprint density at radius 2 is 2.41 bits per heavy atom. The van der Waals surface area contributed by atoms with Gasteiger partial charge in [0.25, 0.3) is 5.91 Å². The largest absolute Gasteiger partial charge is 0.397 e. The van der Waals surface area contributed by atoms with Gasteiger partial charge >= 0.3 is 0 Å². The average Bonchev–Trinajstić information content (AvgIpc) is 2.31. The molecule has 3 N–H and O–H groups in total. The van der Waals surface area contributed by atoms with Gasteiger partial charge in [-0.3, -0.25) is 9.78 Å². The first-order valence-corrected chi connectivity index (χ1v) is 5.77. The fourth-order valence-electron chi connectivity index (χ4n) is 2.08. The smallest absolute Gasteiger partial charge is 0.255 e. The van der Waals surface area contributed by atoms with Gasteiger partial charge in [-0.15, -0.1) is 0 Å². The summed E-state index contributed by atoms with van der Waals surface area (Å²) in [7, 11) is 0. The molecular weight excluding hydrogens is 218 g/mol. The average molecular weight is 235 g/mol. The number of nitrogens with two attached hydrogens (primary N) is 1. The van der Waals surface area contributed by atoms with E-state index in [9.17, 15) is 9.90 Å². The number of nitrogen functional groups attached to an aromatic ring is 1. The van der Waals surface area contributed by atoms with Crippen molar-refractivity contribution in [2.45, 2.75) is 25.9 Å². The van der Waals surface area contributed by atoms with Crippen LogP contribution in [0.4, 0.5) is 5.69 Å². The minimum atomic E-state index is -0.415. The van der Waals surface area contributed by atoms with Gasteiger partial charge in [0, 0.05) is 13.1 Å². The van der Waals surface area contributed by atoms with E-state index in [1.165, 1.54) is 6.20 Å². The Balaban J connectivity index is 2.21. The maximum absolute atomic E-state index is 12.2. The molecule has 0 saturated carbocycles. The molecule has 0 bridgehead atoms. The molecule has 5 heteroatoms. The second-order valence-corrected chi connectivity index (χ2v) is 4.45. The molecule has 0 aliphatic carbocycles. The van der Waals surface area contributed by atoms with E-state index in [2.05, 4.69) is 4.98 Å². The second-order valence-electron chi connectivity index (χ2n) is 4.45. The molecule has 1 aliphatic rings. The van der Waals surface area contributed by atoms with Gasteiger partial charge in [0.2, 0.25) is 0 Å². The molecule has 0 spiro atoms. The van der Waals surface area contributed by atoms with E-state index in [1.54, 1.807) is 17.9 Å².